The molecule has 2 heterocycles. The van der Waals surface area contributed by atoms with Crippen LogP contribution in [0.3, 0.4) is 0 Å². The maximum absolute atomic E-state index is 13.7. The van der Waals surface area contributed by atoms with Crippen LogP contribution in [0, 0.1) is 5.92 Å². The second-order valence-electron chi connectivity index (χ2n) is 12.0. The Hall–Kier alpha value is -2.72. The maximum atomic E-state index is 13.7. The third-order valence-corrected chi connectivity index (χ3v) is 9.37. The average molecular weight is 600 g/mol. The molecule has 1 saturated carbocycles. The zero-order chi connectivity index (χ0) is 29.9. The second-order valence-corrected chi connectivity index (χ2v) is 12.4. The quantitative estimate of drug-likeness (QED) is 0.222. The minimum Gasteiger partial charge on any atom is -0.494 e. The molecule has 10 heteroatoms. The standard InChI is InChI=1S/C32H49N5O4S/c1-2-3-4-8-22-41-27-14-12-25(13-15-27)34-29(38)23-28-31(40)37(26-10-6-5-7-11-26)32(42)36(28)19-9-18-35-20-16-24(17-21-35)30(33)39/h12-15,24,26,28H,2-11,16-23H2,1H3,(H2,33,39)(H,34,38)/t28-/m0/s1. The van der Waals surface area contributed by atoms with Gasteiger partial charge in [-0.05, 0) is 94.6 Å². The van der Waals surface area contributed by atoms with E-state index >= 15 is 0 Å². The van der Waals surface area contributed by atoms with Crippen molar-refractivity contribution >= 4 is 40.7 Å². The lowest BCUT2D eigenvalue weighted by Gasteiger charge is -2.32. The predicted octanol–water partition coefficient (Wildman–Crippen LogP) is 4.69. The van der Waals surface area contributed by atoms with Crippen molar-refractivity contribution in [2.24, 2.45) is 11.7 Å². The van der Waals surface area contributed by atoms with Crippen molar-refractivity contribution in [3.8, 4) is 5.75 Å². The number of anilines is 1. The summed E-state index contributed by atoms with van der Waals surface area (Å²) < 4.78 is 5.82. The van der Waals surface area contributed by atoms with Crippen LogP contribution in [0.15, 0.2) is 24.3 Å². The number of likely N-dealkylation sites (tertiary alicyclic amines) is 1. The first-order valence-corrected chi connectivity index (χ1v) is 16.5. The summed E-state index contributed by atoms with van der Waals surface area (Å²) in [7, 11) is 0. The molecule has 0 aromatic heterocycles. The summed E-state index contributed by atoms with van der Waals surface area (Å²) >= 11 is 5.89. The van der Waals surface area contributed by atoms with Gasteiger partial charge in [0.1, 0.15) is 11.8 Å². The SMILES string of the molecule is CCCCCCOc1ccc(NC(=O)C[C@H]2C(=O)N(C3CCCCC3)C(=S)N2CCCN2CCC(C(N)=O)CC2)cc1. The van der Waals surface area contributed by atoms with Crippen molar-refractivity contribution < 1.29 is 19.1 Å². The molecule has 2 saturated heterocycles. The Bertz CT molecular complexity index is 1050. The van der Waals surface area contributed by atoms with E-state index in [1.165, 1.54) is 25.7 Å². The topological polar surface area (TPSA) is 108 Å². The van der Waals surface area contributed by atoms with Crippen LogP contribution < -0.4 is 15.8 Å². The largest absolute Gasteiger partial charge is 0.494 e. The molecule has 0 spiro atoms. The molecule has 0 bridgehead atoms. The minimum atomic E-state index is -0.592. The molecule has 1 atom stereocenters. The van der Waals surface area contributed by atoms with Crippen LogP contribution in [-0.4, -0.2) is 82.4 Å². The molecule has 1 aromatic carbocycles. The Kier molecular flexibility index (Phi) is 12.4. The molecule has 1 aliphatic carbocycles. The highest BCUT2D eigenvalue weighted by atomic mass is 32.1. The first-order valence-electron chi connectivity index (χ1n) is 16.1. The number of piperidine rings is 1. The highest BCUT2D eigenvalue weighted by Crippen LogP contribution is 2.31. The number of ether oxygens (including phenoxy) is 1. The molecular formula is C32H49N5O4S. The van der Waals surface area contributed by atoms with Gasteiger partial charge in [-0.25, -0.2) is 0 Å². The molecule has 3 amide bonds. The van der Waals surface area contributed by atoms with Gasteiger partial charge in [0.25, 0.3) is 5.91 Å². The van der Waals surface area contributed by atoms with Gasteiger partial charge < -0.3 is 25.6 Å². The van der Waals surface area contributed by atoms with E-state index in [1.807, 2.05) is 34.1 Å². The fourth-order valence-electron chi connectivity index (χ4n) is 6.43. The highest BCUT2D eigenvalue weighted by molar-refractivity contribution is 7.80. The van der Waals surface area contributed by atoms with Crippen LogP contribution in [0.2, 0.25) is 0 Å². The van der Waals surface area contributed by atoms with E-state index in [-0.39, 0.29) is 36.1 Å². The fraction of sp³-hybridized carbons (Fsp3) is 0.688. The number of benzene rings is 1. The molecule has 1 aromatic rings. The van der Waals surface area contributed by atoms with E-state index in [4.69, 9.17) is 22.7 Å². The number of unbranched alkanes of at least 4 members (excludes halogenated alkanes) is 3. The maximum Gasteiger partial charge on any atom is 0.252 e. The van der Waals surface area contributed by atoms with Gasteiger partial charge >= 0.3 is 0 Å². The zero-order valence-electron chi connectivity index (χ0n) is 25.2. The van der Waals surface area contributed by atoms with E-state index < -0.39 is 6.04 Å². The Morgan fingerprint density at radius 3 is 2.36 bits per heavy atom. The van der Waals surface area contributed by atoms with E-state index in [9.17, 15) is 14.4 Å². The van der Waals surface area contributed by atoms with Crippen molar-refractivity contribution in [2.75, 3.05) is 38.1 Å². The molecule has 9 nitrogen and oxygen atoms in total. The van der Waals surface area contributed by atoms with Gasteiger partial charge in [-0.3, -0.25) is 19.3 Å². The number of hydrogen-bond acceptors (Lipinski definition) is 6. The lowest BCUT2D eigenvalue weighted by molar-refractivity contribution is -0.132. The van der Waals surface area contributed by atoms with E-state index in [0.29, 0.717) is 24.0 Å². The number of carbonyl (C=O) groups is 3. The lowest BCUT2D eigenvalue weighted by atomic mass is 9.94. The number of thiocarbonyl (C=S) groups is 1. The molecule has 42 heavy (non-hydrogen) atoms. The normalized spacial score (nSPS) is 20.7. The van der Waals surface area contributed by atoms with Crippen molar-refractivity contribution in [2.45, 2.75) is 102 Å². The van der Waals surface area contributed by atoms with Gasteiger partial charge in [-0.15, -0.1) is 0 Å². The number of rotatable bonds is 15. The average Bonchev–Trinajstić information content (AvgIpc) is 3.22. The van der Waals surface area contributed by atoms with Gasteiger partial charge in [0, 0.05) is 24.2 Å². The number of hydrogen-bond donors (Lipinski definition) is 2. The van der Waals surface area contributed by atoms with Crippen LogP contribution in [-0.2, 0) is 14.4 Å². The molecule has 3 N–H and O–H groups in total. The minimum absolute atomic E-state index is 0.0312. The summed E-state index contributed by atoms with van der Waals surface area (Å²) in [4.78, 5) is 44.6. The van der Waals surface area contributed by atoms with Crippen LogP contribution in [0.25, 0.3) is 0 Å². The predicted molar refractivity (Wildman–Crippen MR) is 169 cm³/mol. The third-order valence-electron chi connectivity index (χ3n) is 8.94. The number of nitrogens with two attached hydrogens (primary N) is 1. The molecule has 0 radical (unpaired) electrons. The third kappa shape index (κ3) is 8.89. The highest BCUT2D eigenvalue weighted by Gasteiger charge is 2.46. The number of primary amides is 1. The van der Waals surface area contributed by atoms with Crippen LogP contribution in [0.4, 0.5) is 5.69 Å². The summed E-state index contributed by atoms with van der Waals surface area (Å²) in [6.07, 6.45) is 12.4. The molecule has 4 rings (SSSR count). The van der Waals surface area contributed by atoms with Crippen molar-refractivity contribution in [3.63, 3.8) is 0 Å². The fourth-order valence-corrected chi connectivity index (χ4v) is 6.89. The zero-order valence-corrected chi connectivity index (χ0v) is 26.0. The Labute approximate surface area is 256 Å². The number of carbonyl (C=O) groups excluding carboxylic acids is 3. The van der Waals surface area contributed by atoms with Gasteiger partial charge in [-0.2, -0.15) is 0 Å². The Balaban J connectivity index is 1.33. The first kappa shape index (κ1) is 32.2. The first-order chi connectivity index (χ1) is 20.4. The van der Waals surface area contributed by atoms with E-state index in [1.54, 1.807) is 0 Å². The van der Waals surface area contributed by atoms with E-state index in [0.717, 1.165) is 76.8 Å². The van der Waals surface area contributed by atoms with Crippen LogP contribution in [0.5, 0.6) is 5.75 Å². The second kappa shape index (κ2) is 16.2. The molecule has 3 fully saturated rings. The Morgan fingerprint density at radius 1 is 0.976 bits per heavy atom. The summed E-state index contributed by atoms with van der Waals surface area (Å²) in [6, 6.07) is 6.95. The molecule has 2 aliphatic heterocycles. The van der Waals surface area contributed by atoms with Crippen molar-refractivity contribution in [1.82, 2.24) is 14.7 Å². The van der Waals surface area contributed by atoms with Crippen LogP contribution >= 0.6 is 12.2 Å². The van der Waals surface area contributed by atoms with Gasteiger partial charge in [0.05, 0.1) is 13.0 Å². The lowest BCUT2D eigenvalue weighted by Crippen LogP contribution is -2.42. The van der Waals surface area contributed by atoms with E-state index in [2.05, 4.69) is 17.1 Å². The van der Waals surface area contributed by atoms with Gasteiger partial charge in [0.15, 0.2) is 5.11 Å². The van der Waals surface area contributed by atoms with Crippen molar-refractivity contribution in [1.29, 1.82) is 0 Å². The summed E-state index contributed by atoms with van der Waals surface area (Å²) in [5, 5.41) is 3.54. The van der Waals surface area contributed by atoms with Gasteiger partial charge in [0.2, 0.25) is 11.8 Å². The molecule has 0 unspecified atom stereocenters. The molecule has 232 valence electrons. The molecule has 3 aliphatic rings. The van der Waals surface area contributed by atoms with Crippen molar-refractivity contribution in [3.05, 3.63) is 24.3 Å². The summed E-state index contributed by atoms with van der Waals surface area (Å²) in [5.74, 6) is 0.302. The smallest absolute Gasteiger partial charge is 0.252 e. The number of nitrogens with one attached hydrogen (secondary N) is 1. The van der Waals surface area contributed by atoms with Gasteiger partial charge in [-0.1, -0.05) is 45.4 Å². The van der Waals surface area contributed by atoms with Crippen LogP contribution in [0.1, 0.15) is 90.4 Å². The summed E-state index contributed by atoms with van der Waals surface area (Å²) in [6.45, 7) is 6.04. The summed E-state index contributed by atoms with van der Waals surface area (Å²) in [5.41, 5.74) is 6.17. The number of nitrogens with zero attached hydrogens (tertiary/aromatic N) is 3. The monoisotopic (exact) mass is 599 g/mol. The Morgan fingerprint density at radius 2 is 1.69 bits per heavy atom. The number of amides is 3. The molecular weight excluding hydrogens is 550 g/mol.